The molecule has 3 aromatic carbocycles. The van der Waals surface area contributed by atoms with E-state index in [1.807, 2.05) is 27.7 Å². The Morgan fingerprint density at radius 1 is 0.672 bits per heavy atom. The largest absolute Gasteiger partial charge is 2.00 e. The smallest absolute Gasteiger partial charge is 0.550 e. The number of aliphatic hydroxyl groups is 4. The Balaban J connectivity index is 0.000000453. The van der Waals surface area contributed by atoms with E-state index in [0.717, 1.165) is 26.7 Å². The number of carboxylic acids is 2. The first-order valence-electron chi connectivity index (χ1n) is 20.6. The number of aliphatic carboxylic acids is 2. The van der Waals surface area contributed by atoms with Crippen molar-refractivity contribution in [3.63, 3.8) is 0 Å². The number of anilines is 2. The van der Waals surface area contributed by atoms with E-state index in [0.29, 0.717) is 44.9 Å². The molecule has 0 fully saturated rings. The summed E-state index contributed by atoms with van der Waals surface area (Å²) in [4.78, 5) is 30.1. The third-order valence-electron chi connectivity index (χ3n) is 10.0. The van der Waals surface area contributed by atoms with Crippen molar-refractivity contribution in [1.82, 2.24) is 9.97 Å². The zero-order valence-corrected chi connectivity index (χ0v) is 42.3. The maximum Gasteiger partial charge on any atom is 2.00 e. The van der Waals surface area contributed by atoms with Gasteiger partial charge in [-0.25, -0.2) is 39.9 Å². The second-order valence-electron chi connectivity index (χ2n) is 16.2. The van der Waals surface area contributed by atoms with E-state index in [-0.39, 0.29) is 68.4 Å². The molecule has 0 spiro atoms. The number of halogens is 2. The quantitative estimate of drug-likeness (QED) is 0.0929. The fourth-order valence-corrected chi connectivity index (χ4v) is 7.31. The normalized spacial score (nSPS) is 13.7. The molecule has 0 aliphatic rings. The minimum Gasteiger partial charge on any atom is -0.550 e. The Labute approximate surface area is 420 Å². The number of carbonyl (C=O) groups is 2. The minimum atomic E-state index is -3.66. The first-order chi connectivity index (χ1) is 30.6. The molecule has 4 rings (SSSR count). The van der Waals surface area contributed by atoms with Crippen LogP contribution in [0.25, 0.3) is 34.5 Å². The molecule has 4 atom stereocenters. The van der Waals surface area contributed by atoms with Crippen molar-refractivity contribution in [1.29, 1.82) is 0 Å². The minimum absolute atomic E-state index is 0. The maximum absolute atomic E-state index is 13.5. The van der Waals surface area contributed by atoms with Gasteiger partial charge in [0.2, 0.25) is 26.0 Å². The molecule has 0 radical (unpaired) electrons. The number of rotatable bonds is 20. The summed E-state index contributed by atoms with van der Waals surface area (Å²) in [6.45, 7) is 7.56. The van der Waals surface area contributed by atoms with Crippen LogP contribution >= 0.6 is 0 Å². The van der Waals surface area contributed by atoms with E-state index in [2.05, 4.69) is 9.97 Å². The summed E-state index contributed by atoms with van der Waals surface area (Å²) in [5, 5.41) is 61.2. The molecule has 0 saturated carbocycles. The number of carbonyl (C=O) groups excluding carboxylic acids is 2. The average molecular weight is 999 g/mol. The number of hydrogen-bond donors (Lipinski definition) is 4. The van der Waals surface area contributed by atoms with Gasteiger partial charge in [-0.05, 0) is 82.6 Å². The zero-order valence-electron chi connectivity index (χ0n) is 38.5. The molecular formula is C46H56CaF2N4O12S2. The fraction of sp³-hybridized carbons (Fsp3) is 0.391. The molecule has 0 bridgehead atoms. The number of nitrogens with zero attached hydrogens (tertiary/aromatic N) is 4. The number of benzene rings is 3. The van der Waals surface area contributed by atoms with Crippen LogP contribution in [0.4, 0.5) is 20.4 Å². The summed E-state index contributed by atoms with van der Waals surface area (Å²) in [6.07, 6.45) is 1.59. The molecule has 1 aromatic heterocycles. The average Bonchev–Trinajstić information content (AvgIpc) is 3.20. The maximum atomic E-state index is 13.5. The molecule has 21 heteroatoms. The van der Waals surface area contributed by atoms with Crippen molar-refractivity contribution < 1.29 is 65.8 Å². The van der Waals surface area contributed by atoms with E-state index >= 15 is 0 Å². The van der Waals surface area contributed by atoms with Crippen molar-refractivity contribution in [3.8, 4) is 22.4 Å². The van der Waals surface area contributed by atoms with Crippen molar-refractivity contribution in [2.75, 3.05) is 35.2 Å². The SMILES string of the molecule is CC(C)c1cc(N(C)S(C)(=O)=O)cc(-c2ccc(F)cc2)c1/C=C/[C@H](O)C[C@H](O)CC(=O)[O-].CC(C)c1nc(N(C)S(C)(=O)=O)nc(-c2ccc(F)cc2)c1/C=C/[C@@H](O)C[C@@H](O)CC(=O)[O-].[Ca+2]. The van der Waals surface area contributed by atoms with Crippen LogP contribution in [0, 0.1) is 11.6 Å². The van der Waals surface area contributed by atoms with Crippen LogP contribution in [0.3, 0.4) is 0 Å². The van der Waals surface area contributed by atoms with Crippen LogP contribution in [0.15, 0.2) is 72.8 Å². The predicted octanol–water partition coefficient (Wildman–Crippen LogP) is 2.96. The summed E-state index contributed by atoms with van der Waals surface area (Å²) >= 11 is 0. The second kappa shape index (κ2) is 25.8. The van der Waals surface area contributed by atoms with Crippen LogP contribution < -0.4 is 18.8 Å². The molecule has 4 N–H and O–H groups in total. The number of aliphatic hydroxyl groups excluding tert-OH is 4. The number of carboxylic acid groups (broad SMARTS) is 2. The Kier molecular flexibility index (Phi) is 22.7. The van der Waals surface area contributed by atoms with E-state index in [1.165, 1.54) is 68.7 Å². The molecule has 360 valence electrons. The van der Waals surface area contributed by atoms with Gasteiger partial charge in [0, 0.05) is 62.8 Å². The molecule has 1 heterocycles. The zero-order chi connectivity index (χ0) is 49.8. The second-order valence-corrected chi connectivity index (χ2v) is 20.3. The Bertz CT molecular complexity index is 2420. The Hall–Kier alpha value is -4.38. The van der Waals surface area contributed by atoms with Gasteiger partial charge in [-0.15, -0.1) is 0 Å². The van der Waals surface area contributed by atoms with Gasteiger partial charge in [0.25, 0.3) is 0 Å². The molecule has 0 aliphatic carbocycles. The third kappa shape index (κ3) is 18.2. The molecule has 4 aromatic rings. The summed E-state index contributed by atoms with van der Waals surface area (Å²) < 4.78 is 77.5. The Morgan fingerprint density at radius 2 is 1.10 bits per heavy atom. The van der Waals surface area contributed by atoms with Crippen LogP contribution in [-0.2, 0) is 29.6 Å². The summed E-state index contributed by atoms with van der Waals surface area (Å²) in [7, 11) is -4.42. The number of hydrogen-bond acceptors (Lipinski definition) is 14. The van der Waals surface area contributed by atoms with Gasteiger partial charge >= 0.3 is 37.7 Å². The first kappa shape index (κ1) is 58.7. The van der Waals surface area contributed by atoms with Crippen LogP contribution in [0.2, 0.25) is 0 Å². The van der Waals surface area contributed by atoms with E-state index in [9.17, 15) is 65.8 Å². The Morgan fingerprint density at radius 3 is 1.51 bits per heavy atom. The van der Waals surface area contributed by atoms with Crippen LogP contribution in [0.5, 0.6) is 0 Å². The van der Waals surface area contributed by atoms with Gasteiger partial charge in [0.05, 0.1) is 54.0 Å². The summed E-state index contributed by atoms with van der Waals surface area (Å²) in [6, 6.07) is 14.6. The molecule has 67 heavy (non-hydrogen) atoms. The van der Waals surface area contributed by atoms with E-state index in [4.69, 9.17) is 0 Å². The van der Waals surface area contributed by atoms with Gasteiger partial charge in [0.1, 0.15) is 11.6 Å². The molecule has 0 amide bonds. The topological polar surface area (TPSA) is 262 Å². The van der Waals surface area contributed by atoms with Gasteiger partial charge in [-0.1, -0.05) is 64.1 Å². The standard InChI is InChI=1S/C24H30FNO6S.C22H28FN3O6S.Ca/c1-15(2)22-11-18(26(3)33(4,31)32)12-23(16-5-7-17(25)8-6-16)21(22)10-9-19(27)13-20(28)14-24(29)30;1-13(2)20-18(10-9-16(27)11-17(28)12-19(29)30)21(14-5-7-15(23)8-6-14)25-22(24-20)26(3)33(4,31)32;/h5-12,15,19-20,27-28H,13-14H2,1-4H3,(H,29,30);5-10,13,16-17,27-28H,11-12H2,1-4H3,(H,29,30);/q;;+2/p-2/b2*10-9+;/t19-,20-;16-,17-;/m01./s1. The third-order valence-corrected chi connectivity index (χ3v) is 12.4. The van der Waals surface area contributed by atoms with Crippen LogP contribution in [0.1, 0.15) is 87.6 Å². The summed E-state index contributed by atoms with van der Waals surface area (Å²) in [5.41, 5.74) is 4.95. The van der Waals surface area contributed by atoms with Crippen LogP contribution in [-0.4, -0.2) is 148 Å². The van der Waals surface area contributed by atoms with Gasteiger partial charge in [0.15, 0.2) is 0 Å². The van der Waals surface area contributed by atoms with Crippen molar-refractivity contribution in [2.45, 2.75) is 89.6 Å². The van der Waals surface area contributed by atoms with Crippen molar-refractivity contribution in [3.05, 3.63) is 107 Å². The summed E-state index contributed by atoms with van der Waals surface area (Å²) in [5.74, 6) is -4.00. The molecule has 16 nitrogen and oxygen atoms in total. The van der Waals surface area contributed by atoms with E-state index in [1.54, 1.807) is 30.3 Å². The fourth-order valence-electron chi connectivity index (χ4n) is 6.44. The van der Waals surface area contributed by atoms with Gasteiger partial charge in [-0.2, -0.15) is 0 Å². The molecule has 0 saturated heterocycles. The van der Waals surface area contributed by atoms with Gasteiger partial charge in [-0.3, -0.25) is 4.31 Å². The molecule has 0 aliphatic heterocycles. The monoisotopic (exact) mass is 998 g/mol. The van der Waals surface area contributed by atoms with Crippen molar-refractivity contribution >= 4 is 93.5 Å². The molecular weight excluding hydrogens is 943 g/mol. The van der Waals surface area contributed by atoms with Crippen molar-refractivity contribution in [2.24, 2.45) is 0 Å². The number of sulfonamides is 2. The van der Waals surface area contributed by atoms with E-state index < -0.39 is 80.9 Å². The predicted molar refractivity (Wildman–Crippen MR) is 250 cm³/mol. The first-order valence-corrected chi connectivity index (χ1v) is 24.3. The van der Waals surface area contributed by atoms with Gasteiger partial charge < -0.3 is 40.2 Å². The molecule has 0 unspecified atom stereocenters. The number of aromatic nitrogens is 2.